The van der Waals surface area contributed by atoms with Gasteiger partial charge in [0.05, 0.1) is 0 Å². The molecule has 0 saturated heterocycles. The lowest BCUT2D eigenvalue weighted by Crippen LogP contribution is -2.56. The molecule has 0 spiro atoms. The van der Waals surface area contributed by atoms with Crippen LogP contribution in [-0.2, 0) is 4.79 Å². The zero-order valence-electron chi connectivity index (χ0n) is 12.2. The quantitative estimate of drug-likeness (QED) is 0.780. The molecule has 0 aromatic rings. The zero-order valence-corrected chi connectivity index (χ0v) is 13.8. The Balaban J connectivity index is 1.75. The zero-order chi connectivity index (χ0) is 13.7. The standard InChI is InChI=1S/C16H26BrNO/c1-14-5-12-6-15(2,9-14)11-16(7-12,10-14)8-13(19)18-4-3-17/h12H,3-11H2,1-2H3,(H,18,19). The second-order valence-corrected chi connectivity index (χ2v) is 9.14. The van der Waals surface area contributed by atoms with Crippen LogP contribution in [0, 0.1) is 22.2 Å². The van der Waals surface area contributed by atoms with Crippen LogP contribution in [0.2, 0.25) is 0 Å². The van der Waals surface area contributed by atoms with Crippen molar-refractivity contribution in [2.24, 2.45) is 22.2 Å². The molecular formula is C16H26BrNO. The van der Waals surface area contributed by atoms with E-state index in [9.17, 15) is 4.79 Å². The topological polar surface area (TPSA) is 29.1 Å². The predicted molar refractivity (Wildman–Crippen MR) is 81.3 cm³/mol. The fourth-order valence-electron chi connectivity index (χ4n) is 6.47. The molecule has 4 rings (SSSR count). The summed E-state index contributed by atoms with van der Waals surface area (Å²) in [5, 5.41) is 3.90. The molecule has 4 bridgehead atoms. The molecule has 0 aromatic carbocycles. The largest absolute Gasteiger partial charge is 0.355 e. The Kier molecular flexibility index (Phi) is 3.28. The van der Waals surface area contributed by atoms with Crippen LogP contribution in [0.4, 0.5) is 0 Å². The molecule has 4 aliphatic rings. The second kappa shape index (κ2) is 4.47. The van der Waals surface area contributed by atoms with Crippen molar-refractivity contribution < 1.29 is 4.79 Å². The molecule has 2 nitrogen and oxygen atoms in total. The molecule has 2 unspecified atom stereocenters. The smallest absolute Gasteiger partial charge is 0.220 e. The number of carbonyl (C=O) groups excluding carboxylic acids is 1. The summed E-state index contributed by atoms with van der Waals surface area (Å²) in [5.41, 5.74) is 1.35. The van der Waals surface area contributed by atoms with Crippen molar-refractivity contribution >= 4 is 21.8 Å². The summed E-state index contributed by atoms with van der Waals surface area (Å²) in [6, 6.07) is 0. The summed E-state index contributed by atoms with van der Waals surface area (Å²) >= 11 is 3.37. The second-order valence-electron chi connectivity index (χ2n) is 8.35. The molecule has 0 aliphatic heterocycles. The predicted octanol–water partition coefficient (Wildman–Crippen LogP) is 3.88. The summed E-state index contributed by atoms with van der Waals surface area (Å²) in [6.07, 6.45) is 8.85. The highest BCUT2D eigenvalue weighted by Gasteiger charge is 2.60. The summed E-state index contributed by atoms with van der Waals surface area (Å²) in [5.74, 6) is 1.16. The van der Waals surface area contributed by atoms with Gasteiger partial charge in [-0.15, -0.1) is 0 Å². The third-order valence-corrected chi connectivity index (χ3v) is 6.09. The van der Waals surface area contributed by atoms with Crippen molar-refractivity contribution in [2.45, 2.75) is 58.8 Å². The van der Waals surface area contributed by atoms with Crippen molar-refractivity contribution in [1.82, 2.24) is 5.32 Å². The molecule has 4 saturated carbocycles. The van der Waals surface area contributed by atoms with Gasteiger partial charge in [0.25, 0.3) is 0 Å². The van der Waals surface area contributed by atoms with Gasteiger partial charge in [-0.3, -0.25) is 4.79 Å². The fraction of sp³-hybridized carbons (Fsp3) is 0.938. The van der Waals surface area contributed by atoms with E-state index in [4.69, 9.17) is 0 Å². The minimum Gasteiger partial charge on any atom is -0.355 e. The Bertz CT molecular complexity index is 376. The lowest BCUT2D eigenvalue weighted by atomic mass is 9.40. The van der Waals surface area contributed by atoms with Gasteiger partial charge in [0.15, 0.2) is 0 Å². The van der Waals surface area contributed by atoms with Gasteiger partial charge in [-0.2, -0.15) is 0 Å². The van der Waals surface area contributed by atoms with E-state index >= 15 is 0 Å². The van der Waals surface area contributed by atoms with E-state index in [2.05, 4.69) is 35.1 Å². The summed E-state index contributed by atoms with van der Waals surface area (Å²) in [4.78, 5) is 12.2. The minimum absolute atomic E-state index is 0.272. The van der Waals surface area contributed by atoms with E-state index in [1.807, 2.05) is 0 Å². The first-order chi connectivity index (χ1) is 8.86. The molecule has 2 atom stereocenters. The van der Waals surface area contributed by atoms with Crippen LogP contribution in [0.5, 0.6) is 0 Å². The Morgan fingerprint density at radius 2 is 1.79 bits per heavy atom. The normalized spacial score (nSPS) is 47.4. The van der Waals surface area contributed by atoms with Gasteiger partial charge in [-0.05, 0) is 60.7 Å². The Morgan fingerprint density at radius 3 is 2.32 bits per heavy atom. The number of carbonyl (C=O) groups is 1. The molecule has 3 heteroatoms. The fourth-order valence-corrected chi connectivity index (χ4v) is 6.67. The monoisotopic (exact) mass is 327 g/mol. The molecule has 108 valence electrons. The van der Waals surface area contributed by atoms with E-state index in [1.54, 1.807) is 0 Å². The molecule has 0 aromatic heterocycles. The maximum Gasteiger partial charge on any atom is 0.220 e. The van der Waals surface area contributed by atoms with E-state index in [0.29, 0.717) is 16.2 Å². The SMILES string of the molecule is CC12CC3CC(C)(C1)CC(CC(=O)NCCBr)(C3)C2. The Morgan fingerprint density at radius 1 is 1.16 bits per heavy atom. The van der Waals surface area contributed by atoms with Gasteiger partial charge in [-0.25, -0.2) is 0 Å². The first-order valence-electron chi connectivity index (χ1n) is 7.69. The maximum atomic E-state index is 12.2. The molecule has 19 heavy (non-hydrogen) atoms. The average molecular weight is 328 g/mol. The van der Waals surface area contributed by atoms with Crippen molar-refractivity contribution in [2.75, 3.05) is 11.9 Å². The highest BCUT2D eigenvalue weighted by Crippen LogP contribution is 2.70. The van der Waals surface area contributed by atoms with Crippen LogP contribution in [-0.4, -0.2) is 17.8 Å². The molecule has 0 radical (unpaired) electrons. The number of rotatable bonds is 4. The van der Waals surface area contributed by atoms with E-state index < -0.39 is 0 Å². The number of halogens is 1. The lowest BCUT2D eigenvalue weighted by Gasteiger charge is -2.65. The van der Waals surface area contributed by atoms with E-state index in [-0.39, 0.29) is 5.91 Å². The minimum atomic E-state index is 0.272. The third-order valence-electron chi connectivity index (χ3n) is 5.69. The highest BCUT2D eigenvalue weighted by molar-refractivity contribution is 9.09. The van der Waals surface area contributed by atoms with Crippen molar-refractivity contribution in [3.05, 3.63) is 0 Å². The molecule has 1 amide bonds. The Labute approximate surface area is 125 Å². The van der Waals surface area contributed by atoms with Gasteiger partial charge in [0.2, 0.25) is 5.91 Å². The van der Waals surface area contributed by atoms with Crippen molar-refractivity contribution in [3.63, 3.8) is 0 Å². The number of nitrogens with one attached hydrogen (secondary N) is 1. The van der Waals surface area contributed by atoms with Gasteiger partial charge in [0.1, 0.15) is 0 Å². The molecule has 1 N–H and O–H groups in total. The highest BCUT2D eigenvalue weighted by atomic mass is 79.9. The number of hydrogen-bond acceptors (Lipinski definition) is 1. The summed E-state index contributed by atoms with van der Waals surface area (Å²) in [6.45, 7) is 5.70. The maximum absolute atomic E-state index is 12.2. The van der Waals surface area contributed by atoms with Crippen LogP contribution in [0.1, 0.15) is 58.8 Å². The van der Waals surface area contributed by atoms with Crippen LogP contribution >= 0.6 is 15.9 Å². The van der Waals surface area contributed by atoms with Crippen LogP contribution in [0.15, 0.2) is 0 Å². The van der Waals surface area contributed by atoms with Crippen LogP contribution < -0.4 is 5.32 Å². The van der Waals surface area contributed by atoms with Gasteiger partial charge >= 0.3 is 0 Å². The average Bonchev–Trinajstić information content (AvgIpc) is 2.20. The molecule has 4 aliphatic carbocycles. The van der Waals surface area contributed by atoms with Gasteiger partial charge in [0, 0.05) is 18.3 Å². The summed E-state index contributed by atoms with van der Waals surface area (Å²) in [7, 11) is 0. The number of hydrogen-bond donors (Lipinski definition) is 1. The van der Waals surface area contributed by atoms with E-state index in [1.165, 1.54) is 38.5 Å². The van der Waals surface area contributed by atoms with Crippen LogP contribution in [0.3, 0.4) is 0 Å². The molecular weight excluding hydrogens is 302 g/mol. The van der Waals surface area contributed by atoms with Gasteiger partial charge in [-0.1, -0.05) is 29.8 Å². The van der Waals surface area contributed by atoms with Gasteiger partial charge < -0.3 is 5.32 Å². The van der Waals surface area contributed by atoms with E-state index in [0.717, 1.165) is 24.2 Å². The van der Waals surface area contributed by atoms with Crippen molar-refractivity contribution in [1.29, 1.82) is 0 Å². The Hall–Kier alpha value is -0.0500. The van der Waals surface area contributed by atoms with Crippen LogP contribution in [0.25, 0.3) is 0 Å². The third kappa shape index (κ3) is 2.59. The van der Waals surface area contributed by atoms with Crippen molar-refractivity contribution in [3.8, 4) is 0 Å². The molecule has 4 fully saturated rings. The first-order valence-corrected chi connectivity index (χ1v) is 8.81. The number of amides is 1. The summed E-state index contributed by atoms with van der Waals surface area (Å²) < 4.78 is 0. The lowest BCUT2D eigenvalue weighted by molar-refractivity contribution is -0.155. The first kappa shape index (κ1) is 13.9. The molecule has 0 heterocycles. The number of alkyl halides is 1.